The van der Waals surface area contributed by atoms with Gasteiger partial charge in [0.2, 0.25) is 5.91 Å². The summed E-state index contributed by atoms with van der Waals surface area (Å²) in [7, 11) is 0. The minimum absolute atomic E-state index is 0.287. The van der Waals surface area contributed by atoms with Crippen LogP contribution in [0.4, 0.5) is 5.82 Å². The summed E-state index contributed by atoms with van der Waals surface area (Å²) in [5.41, 5.74) is 5.86. The van der Waals surface area contributed by atoms with Crippen LogP contribution < -0.4 is 4.90 Å². The van der Waals surface area contributed by atoms with Crippen LogP contribution in [0.2, 0.25) is 0 Å². The Bertz CT molecular complexity index is 979. The van der Waals surface area contributed by atoms with Crippen molar-refractivity contribution < 1.29 is 4.79 Å². The van der Waals surface area contributed by atoms with E-state index in [0.717, 1.165) is 69.9 Å². The number of nitrogens with zero attached hydrogens (tertiary/aromatic N) is 6. The number of aromatic nitrogens is 2. The molecular formula is C27H38N6O. The highest BCUT2D eigenvalue weighted by atomic mass is 16.2. The van der Waals surface area contributed by atoms with Crippen LogP contribution in [-0.4, -0.2) is 95.5 Å². The first-order valence-corrected chi connectivity index (χ1v) is 12.9. The Hall–Kier alpha value is -2.51. The van der Waals surface area contributed by atoms with Gasteiger partial charge < -0.3 is 9.80 Å². The molecule has 3 fully saturated rings. The molecule has 7 nitrogen and oxygen atoms in total. The first-order valence-electron chi connectivity index (χ1n) is 12.9. The SMILES string of the molecule is Cc1cc(C)c(-c2cnc(N3CCN(CC(=O)N4CCN(C5CCC5)CC4)CC3)cn2)c(C)c1. The van der Waals surface area contributed by atoms with E-state index in [0.29, 0.717) is 6.54 Å². The first-order chi connectivity index (χ1) is 16.5. The lowest BCUT2D eigenvalue weighted by Crippen LogP contribution is -2.56. The highest BCUT2D eigenvalue weighted by molar-refractivity contribution is 5.78. The van der Waals surface area contributed by atoms with Crippen molar-refractivity contribution >= 4 is 11.7 Å². The summed E-state index contributed by atoms with van der Waals surface area (Å²) in [6.45, 7) is 14.3. The van der Waals surface area contributed by atoms with Crippen LogP contribution >= 0.6 is 0 Å². The number of carbonyl (C=O) groups excluding carboxylic acids is 1. The second kappa shape index (κ2) is 10.0. The number of amides is 1. The number of hydrogen-bond donors (Lipinski definition) is 0. The lowest BCUT2D eigenvalue weighted by Gasteiger charge is -2.43. The van der Waals surface area contributed by atoms with Gasteiger partial charge in [-0.1, -0.05) is 24.1 Å². The van der Waals surface area contributed by atoms with Crippen molar-refractivity contribution in [3.05, 3.63) is 41.2 Å². The summed E-state index contributed by atoms with van der Waals surface area (Å²) in [6.07, 6.45) is 7.86. The topological polar surface area (TPSA) is 55.8 Å². The Balaban J connectivity index is 1.11. The highest BCUT2D eigenvalue weighted by Crippen LogP contribution is 2.27. The van der Waals surface area contributed by atoms with Gasteiger partial charge in [0.1, 0.15) is 5.82 Å². The van der Waals surface area contributed by atoms with Crippen LogP contribution in [0.1, 0.15) is 36.0 Å². The van der Waals surface area contributed by atoms with Crippen molar-refractivity contribution in [2.45, 2.75) is 46.1 Å². The third-order valence-corrected chi connectivity index (χ3v) is 7.88. The molecule has 0 radical (unpaired) electrons. The van der Waals surface area contributed by atoms with Crippen LogP contribution in [0.3, 0.4) is 0 Å². The zero-order valence-electron chi connectivity index (χ0n) is 21.0. The second-order valence-electron chi connectivity index (χ2n) is 10.3. The number of hydrogen-bond acceptors (Lipinski definition) is 6. The largest absolute Gasteiger partial charge is 0.353 e. The van der Waals surface area contributed by atoms with Crippen molar-refractivity contribution in [3.8, 4) is 11.3 Å². The molecule has 2 aliphatic heterocycles. The number of benzene rings is 1. The molecule has 0 bridgehead atoms. The Kier molecular flexibility index (Phi) is 6.84. The monoisotopic (exact) mass is 462 g/mol. The first kappa shape index (κ1) is 23.2. The molecule has 2 aromatic rings. The van der Waals surface area contributed by atoms with Gasteiger partial charge in [0.05, 0.1) is 24.6 Å². The smallest absolute Gasteiger partial charge is 0.236 e. The van der Waals surface area contributed by atoms with E-state index >= 15 is 0 Å². The van der Waals surface area contributed by atoms with Gasteiger partial charge in [0.25, 0.3) is 0 Å². The van der Waals surface area contributed by atoms with E-state index in [9.17, 15) is 4.79 Å². The molecule has 34 heavy (non-hydrogen) atoms. The van der Waals surface area contributed by atoms with E-state index in [1.54, 1.807) is 0 Å². The van der Waals surface area contributed by atoms with E-state index in [4.69, 9.17) is 9.97 Å². The molecule has 0 spiro atoms. The third-order valence-electron chi connectivity index (χ3n) is 7.88. The quantitative estimate of drug-likeness (QED) is 0.681. The van der Waals surface area contributed by atoms with Crippen molar-refractivity contribution in [3.63, 3.8) is 0 Å². The molecule has 0 unspecified atom stereocenters. The van der Waals surface area contributed by atoms with Gasteiger partial charge >= 0.3 is 0 Å². The van der Waals surface area contributed by atoms with Gasteiger partial charge in [-0.25, -0.2) is 4.98 Å². The summed E-state index contributed by atoms with van der Waals surface area (Å²) in [5.74, 6) is 1.21. The van der Waals surface area contributed by atoms with Crippen LogP contribution in [0.25, 0.3) is 11.3 Å². The maximum absolute atomic E-state index is 12.9. The van der Waals surface area contributed by atoms with E-state index in [1.165, 1.54) is 41.5 Å². The Labute approximate surface area is 203 Å². The maximum atomic E-state index is 12.9. The molecule has 0 N–H and O–H groups in total. The van der Waals surface area contributed by atoms with Gasteiger partial charge in [-0.3, -0.25) is 19.6 Å². The molecule has 1 aliphatic carbocycles. The van der Waals surface area contributed by atoms with E-state index in [2.05, 4.69) is 52.5 Å². The van der Waals surface area contributed by atoms with Crippen LogP contribution in [0, 0.1) is 20.8 Å². The molecule has 7 heteroatoms. The van der Waals surface area contributed by atoms with Crippen molar-refractivity contribution in [2.24, 2.45) is 0 Å². The number of carbonyl (C=O) groups is 1. The molecule has 1 saturated carbocycles. The van der Waals surface area contributed by atoms with E-state index in [1.807, 2.05) is 12.4 Å². The van der Waals surface area contributed by atoms with Crippen LogP contribution in [-0.2, 0) is 4.79 Å². The Morgan fingerprint density at radius 2 is 1.56 bits per heavy atom. The lowest BCUT2D eigenvalue weighted by atomic mass is 9.91. The fraction of sp³-hybridized carbons (Fsp3) is 0.593. The average molecular weight is 463 g/mol. The fourth-order valence-electron chi connectivity index (χ4n) is 5.71. The summed E-state index contributed by atoms with van der Waals surface area (Å²) < 4.78 is 0. The van der Waals surface area contributed by atoms with Crippen LogP contribution in [0.5, 0.6) is 0 Å². The number of aryl methyl sites for hydroxylation is 3. The third kappa shape index (κ3) is 4.96. The zero-order chi connectivity index (χ0) is 23.7. The molecule has 3 aliphatic rings. The molecule has 2 saturated heterocycles. The number of anilines is 1. The Morgan fingerprint density at radius 1 is 0.882 bits per heavy atom. The molecule has 182 valence electrons. The average Bonchev–Trinajstić information content (AvgIpc) is 2.79. The molecule has 3 heterocycles. The van der Waals surface area contributed by atoms with Gasteiger partial charge in [0, 0.05) is 64.0 Å². The standard InChI is InChI=1S/C27H38N6O/c1-20-15-21(2)27(22(3)16-20)24-17-29-25(18-28-24)32-9-7-30(8-10-32)19-26(34)33-13-11-31(12-14-33)23-5-4-6-23/h15-18,23H,4-14,19H2,1-3H3. The maximum Gasteiger partial charge on any atom is 0.236 e. The normalized spacial score (nSPS) is 20.4. The molecule has 5 rings (SSSR count). The summed E-state index contributed by atoms with van der Waals surface area (Å²) in [5, 5.41) is 0. The minimum atomic E-state index is 0.287. The summed E-state index contributed by atoms with van der Waals surface area (Å²) in [4.78, 5) is 31.6. The lowest BCUT2D eigenvalue weighted by molar-refractivity contribution is -0.134. The van der Waals surface area contributed by atoms with E-state index in [-0.39, 0.29) is 5.91 Å². The fourth-order valence-corrected chi connectivity index (χ4v) is 5.71. The van der Waals surface area contributed by atoms with Gasteiger partial charge in [-0.05, 0) is 44.7 Å². The minimum Gasteiger partial charge on any atom is -0.353 e. The van der Waals surface area contributed by atoms with Crippen molar-refractivity contribution in [1.82, 2.24) is 24.7 Å². The van der Waals surface area contributed by atoms with Gasteiger partial charge in [-0.15, -0.1) is 0 Å². The predicted molar refractivity (Wildman–Crippen MR) is 136 cm³/mol. The van der Waals surface area contributed by atoms with Gasteiger partial charge in [0.15, 0.2) is 0 Å². The van der Waals surface area contributed by atoms with E-state index < -0.39 is 0 Å². The number of rotatable bonds is 5. The zero-order valence-corrected chi connectivity index (χ0v) is 21.0. The van der Waals surface area contributed by atoms with Gasteiger partial charge in [-0.2, -0.15) is 0 Å². The highest BCUT2D eigenvalue weighted by Gasteiger charge is 2.30. The van der Waals surface area contributed by atoms with Crippen LogP contribution in [0.15, 0.2) is 24.5 Å². The molecule has 1 aromatic carbocycles. The number of piperazine rings is 2. The molecule has 0 atom stereocenters. The predicted octanol–water partition coefficient (Wildman–Crippen LogP) is 2.89. The molecular weight excluding hydrogens is 424 g/mol. The summed E-state index contributed by atoms with van der Waals surface area (Å²) in [6, 6.07) is 5.19. The molecule has 1 amide bonds. The second-order valence-corrected chi connectivity index (χ2v) is 10.3. The van der Waals surface area contributed by atoms with Crippen molar-refractivity contribution in [2.75, 3.05) is 63.8 Å². The molecule has 1 aromatic heterocycles. The van der Waals surface area contributed by atoms with Crippen molar-refractivity contribution in [1.29, 1.82) is 0 Å². The Morgan fingerprint density at radius 3 is 2.12 bits per heavy atom. The summed E-state index contributed by atoms with van der Waals surface area (Å²) >= 11 is 0.